The second-order valence-electron chi connectivity index (χ2n) is 5.20. The van der Waals surface area contributed by atoms with Gasteiger partial charge in [0.1, 0.15) is 11.3 Å². The third-order valence-corrected chi connectivity index (χ3v) is 4.49. The Labute approximate surface area is 126 Å². The number of nitrogens with zero attached hydrogens (tertiary/aromatic N) is 1. The van der Waals surface area contributed by atoms with Gasteiger partial charge in [0.15, 0.2) is 10.9 Å². The lowest BCUT2D eigenvalue weighted by Crippen LogP contribution is -2.18. The van der Waals surface area contributed by atoms with Gasteiger partial charge in [-0.3, -0.25) is 0 Å². The summed E-state index contributed by atoms with van der Waals surface area (Å²) in [5.41, 5.74) is 1.78. The fourth-order valence-corrected chi connectivity index (χ4v) is 3.29. The van der Waals surface area contributed by atoms with Crippen LogP contribution in [-0.2, 0) is 4.74 Å². The topological polar surface area (TPSA) is 47.3 Å². The number of thiazole rings is 1. The fraction of sp³-hybridized carbons (Fsp3) is 0.312. The molecule has 1 fully saturated rings. The van der Waals surface area contributed by atoms with Crippen molar-refractivity contribution in [1.29, 1.82) is 0 Å². The van der Waals surface area contributed by atoms with Crippen LogP contribution in [0.2, 0.25) is 0 Å². The SMILES string of the molecule is c1ccc2oc(-c3csc(NC[C@H]4CCCO4)n3)cc2c1. The molecule has 3 aromatic rings. The van der Waals surface area contributed by atoms with Crippen LogP contribution in [0.15, 0.2) is 40.1 Å². The first-order valence-corrected chi connectivity index (χ1v) is 8.06. The van der Waals surface area contributed by atoms with Crippen molar-refractivity contribution in [3.05, 3.63) is 35.7 Å². The molecule has 3 heterocycles. The first-order chi connectivity index (χ1) is 10.4. The van der Waals surface area contributed by atoms with Gasteiger partial charge >= 0.3 is 0 Å². The van der Waals surface area contributed by atoms with Crippen LogP contribution in [0.3, 0.4) is 0 Å². The van der Waals surface area contributed by atoms with Gasteiger partial charge in [-0.15, -0.1) is 11.3 Å². The number of furan rings is 1. The van der Waals surface area contributed by atoms with Gasteiger partial charge in [0.05, 0.1) is 6.10 Å². The maximum absolute atomic E-state index is 5.84. The van der Waals surface area contributed by atoms with E-state index in [9.17, 15) is 0 Å². The molecule has 0 radical (unpaired) electrons. The van der Waals surface area contributed by atoms with Crippen molar-refractivity contribution in [3.8, 4) is 11.5 Å². The third-order valence-electron chi connectivity index (χ3n) is 3.69. The number of benzene rings is 1. The number of hydrogen-bond acceptors (Lipinski definition) is 5. The molecule has 0 amide bonds. The Bertz CT molecular complexity index is 710. The number of fused-ring (bicyclic) bond motifs is 1. The van der Waals surface area contributed by atoms with Crippen LogP contribution in [-0.4, -0.2) is 24.2 Å². The predicted molar refractivity (Wildman–Crippen MR) is 84.8 cm³/mol. The van der Waals surface area contributed by atoms with E-state index in [0.29, 0.717) is 6.10 Å². The summed E-state index contributed by atoms with van der Waals surface area (Å²) in [4.78, 5) is 4.59. The number of aromatic nitrogens is 1. The first-order valence-electron chi connectivity index (χ1n) is 7.18. The average Bonchev–Trinajstić information content (AvgIpc) is 3.24. The van der Waals surface area contributed by atoms with Crippen molar-refractivity contribution in [2.24, 2.45) is 0 Å². The summed E-state index contributed by atoms with van der Waals surface area (Å²) in [5.74, 6) is 0.817. The van der Waals surface area contributed by atoms with Crippen molar-refractivity contribution < 1.29 is 9.15 Å². The van der Waals surface area contributed by atoms with Gasteiger partial charge < -0.3 is 14.5 Å². The van der Waals surface area contributed by atoms with Gasteiger partial charge in [-0.1, -0.05) is 18.2 Å². The Kier molecular flexibility index (Phi) is 3.37. The molecule has 5 heteroatoms. The van der Waals surface area contributed by atoms with Gasteiger partial charge in [0.2, 0.25) is 0 Å². The first kappa shape index (κ1) is 12.9. The number of ether oxygens (including phenoxy) is 1. The molecule has 0 aliphatic carbocycles. The molecular formula is C16H16N2O2S. The van der Waals surface area contributed by atoms with Crippen LogP contribution in [0.4, 0.5) is 5.13 Å². The summed E-state index contributed by atoms with van der Waals surface area (Å²) in [5, 5.41) is 7.40. The van der Waals surface area contributed by atoms with E-state index in [4.69, 9.17) is 9.15 Å². The Hall–Kier alpha value is -1.85. The van der Waals surface area contributed by atoms with E-state index in [1.165, 1.54) is 0 Å². The molecule has 108 valence electrons. The fourth-order valence-electron chi connectivity index (χ4n) is 2.58. The standard InChI is InChI=1S/C16H16N2O2S/c1-2-6-14-11(4-1)8-15(20-14)13-10-21-16(18-13)17-9-12-5-3-7-19-12/h1-2,4,6,8,10,12H,3,5,7,9H2,(H,17,18)/t12-/m1/s1. The molecule has 0 bridgehead atoms. The lowest BCUT2D eigenvalue weighted by molar-refractivity contribution is 0.120. The molecule has 21 heavy (non-hydrogen) atoms. The maximum Gasteiger partial charge on any atom is 0.183 e. The highest BCUT2D eigenvalue weighted by molar-refractivity contribution is 7.14. The average molecular weight is 300 g/mol. The zero-order valence-electron chi connectivity index (χ0n) is 11.5. The minimum Gasteiger partial charge on any atom is -0.454 e. The van der Waals surface area contributed by atoms with Crippen molar-refractivity contribution in [1.82, 2.24) is 4.98 Å². The Morgan fingerprint density at radius 2 is 2.29 bits per heavy atom. The highest BCUT2D eigenvalue weighted by atomic mass is 32.1. The maximum atomic E-state index is 5.84. The molecule has 0 unspecified atom stereocenters. The Morgan fingerprint density at radius 3 is 3.14 bits per heavy atom. The minimum atomic E-state index is 0.323. The number of nitrogens with one attached hydrogen (secondary N) is 1. The molecule has 4 nitrogen and oxygen atoms in total. The van der Waals surface area contributed by atoms with E-state index < -0.39 is 0 Å². The monoisotopic (exact) mass is 300 g/mol. The summed E-state index contributed by atoms with van der Waals surface area (Å²) < 4.78 is 11.4. The van der Waals surface area contributed by atoms with Gasteiger partial charge in [-0.25, -0.2) is 4.98 Å². The normalized spacial score (nSPS) is 18.4. The van der Waals surface area contributed by atoms with Crippen LogP contribution in [0, 0.1) is 0 Å². The van der Waals surface area contributed by atoms with Crippen molar-refractivity contribution in [2.45, 2.75) is 18.9 Å². The summed E-state index contributed by atoms with van der Waals surface area (Å²) in [7, 11) is 0. The summed E-state index contributed by atoms with van der Waals surface area (Å²) in [6.07, 6.45) is 2.62. The van der Waals surface area contributed by atoms with Crippen molar-refractivity contribution in [3.63, 3.8) is 0 Å². The van der Waals surface area contributed by atoms with Crippen LogP contribution in [0.5, 0.6) is 0 Å². The zero-order chi connectivity index (χ0) is 14.1. The van der Waals surface area contributed by atoms with Crippen molar-refractivity contribution in [2.75, 3.05) is 18.5 Å². The highest BCUT2D eigenvalue weighted by Gasteiger charge is 2.16. The Balaban J connectivity index is 1.50. The minimum absolute atomic E-state index is 0.323. The van der Waals surface area contributed by atoms with Gasteiger partial charge in [0.25, 0.3) is 0 Å². The molecular weight excluding hydrogens is 284 g/mol. The largest absolute Gasteiger partial charge is 0.454 e. The predicted octanol–water partition coefficient (Wildman–Crippen LogP) is 4.15. The lowest BCUT2D eigenvalue weighted by Gasteiger charge is -2.08. The third kappa shape index (κ3) is 2.66. The molecule has 1 saturated heterocycles. The smallest absolute Gasteiger partial charge is 0.183 e. The van der Waals surface area contributed by atoms with Crippen LogP contribution < -0.4 is 5.32 Å². The van der Waals surface area contributed by atoms with E-state index in [-0.39, 0.29) is 0 Å². The number of anilines is 1. The molecule has 1 atom stereocenters. The van der Waals surface area contributed by atoms with Gasteiger partial charge in [-0.05, 0) is 25.0 Å². The second kappa shape index (κ2) is 5.50. The van der Waals surface area contributed by atoms with E-state index in [0.717, 1.165) is 53.5 Å². The Morgan fingerprint density at radius 1 is 1.33 bits per heavy atom. The molecule has 4 rings (SSSR count). The van der Waals surface area contributed by atoms with Gasteiger partial charge in [0, 0.05) is 23.9 Å². The summed E-state index contributed by atoms with van der Waals surface area (Å²) in [6, 6.07) is 10.0. The van der Waals surface area contributed by atoms with E-state index >= 15 is 0 Å². The number of rotatable bonds is 4. The molecule has 1 aliphatic heterocycles. The molecule has 1 aliphatic rings. The van der Waals surface area contributed by atoms with Crippen LogP contribution in [0.25, 0.3) is 22.4 Å². The van der Waals surface area contributed by atoms with Gasteiger partial charge in [-0.2, -0.15) is 0 Å². The van der Waals surface area contributed by atoms with Crippen molar-refractivity contribution >= 4 is 27.4 Å². The summed E-state index contributed by atoms with van der Waals surface area (Å²) in [6.45, 7) is 1.71. The van der Waals surface area contributed by atoms with Crippen LogP contribution >= 0.6 is 11.3 Å². The molecule has 0 spiro atoms. The van der Waals surface area contributed by atoms with E-state index in [1.807, 2.05) is 35.7 Å². The van der Waals surface area contributed by atoms with Crippen LogP contribution in [0.1, 0.15) is 12.8 Å². The molecule has 2 aromatic heterocycles. The lowest BCUT2D eigenvalue weighted by atomic mass is 10.2. The molecule has 0 saturated carbocycles. The van der Waals surface area contributed by atoms with E-state index in [1.54, 1.807) is 11.3 Å². The number of hydrogen-bond donors (Lipinski definition) is 1. The number of para-hydroxylation sites is 1. The zero-order valence-corrected chi connectivity index (χ0v) is 12.4. The second-order valence-corrected chi connectivity index (χ2v) is 6.06. The molecule has 1 aromatic carbocycles. The van der Waals surface area contributed by atoms with E-state index in [2.05, 4.69) is 10.3 Å². The molecule has 1 N–H and O–H groups in total. The quantitative estimate of drug-likeness (QED) is 0.786. The highest BCUT2D eigenvalue weighted by Crippen LogP contribution is 2.30. The summed E-state index contributed by atoms with van der Waals surface area (Å²) >= 11 is 1.60.